The first-order chi connectivity index (χ1) is 17.9. The van der Waals surface area contributed by atoms with Gasteiger partial charge in [0, 0.05) is 58.4 Å². The molecule has 0 bridgehead atoms. The quantitative estimate of drug-likeness (QED) is 0.0659. The predicted octanol–water partition coefficient (Wildman–Crippen LogP) is 6.12. The molecule has 0 saturated carbocycles. The number of carbonyl (C=O) groups excluding carboxylic acids is 3. The van der Waals surface area contributed by atoms with Crippen LogP contribution in [0.3, 0.4) is 0 Å². The van der Waals surface area contributed by atoms with Gasteiger partial charge < -0.3 is 14.1 Å². The van der Waals surface area contributed by atoms with Gasteiger partial charge in [0.1, 0.15) is 18.6 Å². The average molecular weight is 497 g/mol. The molecule has 0 saturated heterocycles. The number of nitrogens with zero attached hydrogens (tertiary/aromatic N) is 2. The standard InChI is InChI=1S/C30H28N2O5/c1-5-7-8-26(31-36-4)30(35)22-12-16-28-25(18-22)24-17-21(11-15-27(24)32(28)6-2)29(34)20-9-13-23(14-10-20)37-19(3)33/h5,9-18H,1,6-8H2,2-4H3/b31-26+. The van der Waals surface area contributed by atoms with Gasteiger partial charge in [-0.2, -0.15) is 0 Å². The topological polar surface area (TPSA) is 87.0 Å². The molecule has 1 heterocycles. The Morgan fingerprint density at radius 2 is 1.51 bits per heavy atom. The molecule has 7 nitrogen and oxygen atoms in total. The molecule has 0 spiro atoms. The van der Waals surface area contributed by atoms with E-state index in [4.69, 9.17) is 9.57 Å². The zero-order valence-corrected chi connectivity index (χ0v) is 21.1. The van der Waals surface area contributed by atoms with Gasteiger partial charge in [0.25, 0.3) is 0 Å². The van der Waals surface area contributed by atoms with Crippen LogP contribution in [0.15, 0.2) is 78.5 Å². The molecule has 0 N–H and O–H groups in total. The van der Waals surface area contributed by atoms with Crippen LogP contribution < -0.4 is 4.74 Å². The van der Waals surface area contributed by atoms with Crippen molar-refractivity contribution in [2.75, 3.05) is 7.11 Å². The minimum absolute atomic E-state index is 0.153. The molecular formula is C30H28N2O5. The van der Waals surface area contributed by atoms with Crippen LogP contribution in [-0.2, 0) is 16.2 Å². The number of benzene rings is 3. The number of ketones is 2. The van der Waals surface area contributed by atoms with E-state index in [-0.39, 0.29) is 11.6 Å². The number of Topliss-reactive ketones (excluding diaryl/α,β-unsaturated/α-hetero) is 1. The number of esters is 1. The summed E-state index contributed by atoms with van der Waals surface area (Å²) in [5.74, 6) is -0.397. The van der Waals surface area contributed by atoms with Crippen LogP contribution in [-0.4, -0.2) is 34.9 Å². The Hall–Kier alpha value is -4.52. The van der Waals surface area contributed by atoms with E-state index < -0.39 is 5.97 Å². The lowest BCUT2D eigenvalue weighted by molar-refractivity contribution is -0.131. The summed E-state index contributed by atoms with van der Waals surface area (Å²) >= 11 is 0. The maximum Gasteiger partial charge on any atom is 0.308 e. The first-order valence-electron chi connectivity index (χ1n) is 12.0. The summed E-state index contributed by atoms with van der Waals surface area (Å²) in [7, 11) is 1.42. The normalized spacial score (nSPS) is 11.5. The molecule has 3 aromatic carbocycles. The van der Waals surface area contributed by atoms with Crippen LogP contribution >= 0.6 is 0 Å². The third-order valence-corrected chi connectivity index (χ3v) is 6.13. The Bertz CT molecular complexity index is 1540. The van der Waals surface area contributed by atoms with Gasteiger partial charge in [-0.3, -0.25) is 14.4 Å². The third-order valence-electron chi connectivity index (χ3n) is 6.13. The van der Waals surface area contributed by atoms with Crippen molar-refractivity contribution in [3.63, 3.8) is 0 Å². The number of carbonyl (C=O) groups is 3. The molecule has 0 unspecified atom stereocenters. The molecule has 7 heteroatoms. The lowest BCUT2D eigenvalue weighted by Gasteiger charge is -2.06. The number of aromatic nitrogens is 1. The summed E-state index contributed by atoms with van der Waals surface area (Å²) in [6.45, 7) is 7.83. The van der Waals surface area contributed by atoms with Crippen LogP contribution in [0.4, 0.5) is 0 Å². The Kier molecular flexibility index (Phi) is 7.63. The largest absolute Gasteiger partial charge is 0.427 e. The zero-order valence-electron chi connectivity index (χ0n) is 21.1. The van der Waals surface area contributed by atoms with Crippen LogP contribution in [0, 0.1) is 0 Å². The second kappa shape index (κ2) is 11.0. The molecular weight excluding hydrogens is 468 g/mol. The number of hydrogen-bond acceptors (Lipinski definition) is 6. The van der Waals surface area contributed by atoms with E-state index in [1.54, 1.807) is 42.5 Å². The monoisotopic (exact) mass is 496 g/mol. The Balaban J connectivity index is 1.77. The number of hydrogen-bond donors (Lipinski definition) is 0. The number of aryl methyl sites for hydroxylation is 1. The van der Waals surface area contributed by atoms with E-state index in [0.29, 0.717) is 41.0 Å². The molecule has 4 aromatic rings. The minimum Gasteiger partial charge on any atom is -0.427 e. The fourth-order valence-corrected chi connectivity index (χ4v) is 4.45. The number of fused-ring (bicyclic) bond motifs is 3. The van der Waals surface area contributed by atoms with E-state index in [2.05, 4.69) is 23.2 Å². The maximum absolute atomic E-state index is 13.3. The summed E-state index contributed by atoms with van der Waals surface area (Å²) in [6.07, 6.45) is 2.78. The van der Waals surface area contributed by atoms with E-state index >= 15 is 0 Å². The van der Waals surface area contributed by atoms with Crippen LogP contribution in [0.2, 0.25) is 0 Å². The van der Waals surface area contributed by atoms with Crippen LogP contribution in [0.25, 0.3) is 21.8 Å². The van der Waals surface area contributed by atoms with E-state index in [9.17, 15) is 14.4 Å². The van der Waals surface area contributed by atoms with E-state index in [0.717, 1.165) is 28.4 Å². The highest BCUT2D eigenvalue weighted by Crippen LogP contribution is 2.32. The van der Waals surface area contributed by atoms with Crippen molar-refractivity contribution in [1.29, 1.82) is 0 Å². The number of rotatable bonds is 10. The molecule has 188 valence electrons. The molecule has 0 aliphatic rings. The number of allylic oxidation sites excluding steroid dienone is 1. The number of oxime groups is 1. The van der Waals surface area contributed by atoms with Crippen molar-refractivity contribution in [1.82, 2.24) is 4.57 Å². The molecule has 0 aliphatic heterocycles. The molecule has 0 radical (unpaired) electrons. The smallest absolute Gasteiger partial charge is 0.308 e. The van der Waals surface area contributed by atoms with Crippen molar-refractivity contribution in [3.8, 4) is 5.75 Å². The average Bonchev–Trinajstić information content (AvgIpc) is 3.22. The highest BCUT2D eigenvalue weighted by Gasteiger charge is 2.19. The second-order valence-corrected chi connectivity index (χ2v) is 8.53. The minimum atomic E-state index is -0.420. The van der Waals surface area contributed by atoms with Gasteiger partial charge in [-0.1, -0.05) is 11.2 Å². The van der Waals surface area contributed by atoms with Gasteiger partial charge in [0.15, 0.2) is 5.78 Å². The van der Waals surface area contributed by atoms with E-state index in [1.807, 2.05) is 24.3 Å². The van der Waals surface area contributed by atoms with Crippen molar-refractivity contribution >= 4 is 45.1 Å². The van der Waals surface area contributed by atoms with Gasteiger partial charge in [0.05, 0.1) is 0 Å². The first-order valence-corrected chi connectivity index (χ1v) is 12.0. The first kappa shape index (κ1) is 25.6. The Morgan fingerprint density at radius 1 is 0.919 bits per heavy atom. The van der Waals surface area contributed by atoms with Crippen molar-refractivity contribution in [2.24, 2.45) is 5.16 Å². The molecule has 0 fully saturated rings. The molecule has 0 atom stereocenters. The molecule has 4 rings (SSSR count). The van der Waals surface area contributed by atoms with Gasteiger partial charge in [-0.25, -0.2) is 0 Å². The van der Waals surface area contributed by atoms with Crippen molar-refractivity contribution in [3.05, 3.63) is 90.0 Å². The summed E-state index contributed by atoms with van der Waals surface area (Å²) < 4.78 is 7.21. The summed E-state index contributed by atoms with van der Waals surface area (Å²) in [5, 5.41) is 5.69. The second-order valence-electron chi connectivity index (χ2n) is 8.53. The third kappa shape index (κ3) is 5.21. The van der Waals surface area contributed by atoms with Gasteiger partial charge >= 0.3 is 5.97 Å². The van der Waals surface area contributed by atoms with Crippen LogP contribution in [0.1, 0.15) is 53.0 Å². The SMILES string of the molecule is C=CCC/C(=N\OC)C(=O)c1ccc2c(c1)c1cc(C(=O)c3ccc(OC(C)=O)cc3)ccc1n2CC. The Labute approximate surface area is 215 Å². The summed E-state index contributed by atoms with van der Waals surface area (Å²) in [5.41, 5.74) is 3.77. The molecule has 0 aliphatic carbocycles. The lowest BCUT2D eigenvalue weighted by atomic mass is 9.99. The molecule has 0 amide bonds. The summed E-state index contributed by atoms with van der Waals surface area (Å²) in [4.78, 5) is 42.5. The van der Waals surface area contributed by atoms with Crippen molar-refractivity contribution < 1.29 is 24.0 Å². The lowest BCUT2D eigenvalue weighted by Crippen LogP contribution is -2.14. The fraction of sp³-hybridized carbons (Fsp3) is 0.200. The zero-order chi connectivity index (χ0) is 26.5. The maximum atomic E-state index is 13.3. The molecule has 1 aromatic heterocycles. The highest BCUT2D eigenvalue weighted by atomic mass is 16.6. The molecule has 37 heavy (non-hydrogen) atoms. The Morgan fingerprint density at radius 3 is 2.08 bits per heavy atom. The highest BCUT2D eigenvalue weighted by molar-refractivity contribution is 6.46. The van der Waals surface area contributed by atoms with Crippen LogP contribution in [0.5, 0.6) is 5.75 Å². The van der Waals surface area contributed by atoms with E-state index in [1.165, 1.54) is 14.0 Å². The number of ether oxygens (including phenoxy) is 1. The fourth-order valence-electron chi connectivity index (χ4n) is 4.45. The van der Waals surface area contributed by atoms with Crippen molar-refractivity contribution in [2.45, 2.75) is 33.2 Å². The summed E-state index contributed by atoms with van der Waals surface area (Å²) in [6, 6.07) is 17.6. The van der Waals surface area contributed by atoms with Gasteiger partial charge in [0.2, 0.25) is 5.78 Å². The van der Waals surface area contributed by atoms with Gasteiger partial charge in [-0.05, 0) is 74.0 Å². The van der Waals surface area contributed by atoms with Gasteiger partial charge in [-0.15, -0.1) is 6.58 Å². The predicted molar refractivity (Wildman–Crippen MR) is 145 cm³/mol.